The molecule has 0 radical (unpaired) electrons. The van der Waals surface area contributed by atoms with Crippen LogP contribution in [0.25, 0.3) is 0 Å². The summed E-state index contributed by atoms with van der Waals surface area (Å²) in [5.41, 5.74) is 5.19. The van der Waals surface area contributed by atoms with Gasteiger partial charge in [0.25, 0.3) is 5.91 Å². The molecule has 0 spiro atoms. The number of nitrogens with zero attached hydrogens (tertiary/aromatic N) is 1. The Kier molecular flexibility index (Phi) is 7.35. The minimum atomic E-state index is -0.530. The fourth-order valence-corrected chi connectivity index (χ4v) is 2.18. The highest BCUT2D eigenvalue weighted by atomic mass is 35.5. The molecule has 0 fully saturated rings. The summed E-state index contributed by atoms with van der Waals surface area (Å²) in [6.45, 7) is 3.98. The quantitative estimate of drug-likeness (QED) is 0.783. The van der Waals surface area contributed by atoms with Gasteiger partial charge in [-0.2, -0.15) is 0 Å². The van der Waals surface area contributed by atoms with Crippen LogP contribution in [0.3, 0.4) is 0 Å². The van der Waals surface area contributed by atoms with Crippen molar-refractivity contribution in [2.24, 2.45) is 5.73 Å². The van der Waals surface area contributed by atoms with E-state index < -0.39 is 5.54 Å². The molecule has 1 heterocycles. The van der Waals surface area contributed by atoms with Crippen molar-refractivity contribution >= 4 is 41.5 Å². The van der Waals surface area contributed by atoms with E-state index in [1.165, 1.54) is 6.07 Å². The van der Waals surface area contributed by atoms with Crippen LogP contribution >= 0.6 is 35.6 Å². The van der Waals surface area contributed by atoms with E-state index in [1.54, 1.807) is 18.2 Å². The fraction of sp³-hybridized carbons (Fsp3) is 0.333. The molecule has 6 nitrogen and oxygen atoms in total. The van der Waals surface area contributed by atoms with Gasteiger partial charge in [-0.25, -0.2) is 0 Å². The molecule has 0 aliphatic heterocycles. The molecule has 9 heteroatoms. The number of hydrogen-bond donors (Lipinski definition) is 2. The van der Waals surface area contributed by atoms with Crippen molar-refractivity contribution in [1.82, 2.24) is 10.5 Å². The maximum Gasteiger partial charge on any atom is 0.273 e. The summed E-state index contributed by atoms with van der Waals surface area (Å²) in [4.78, 5) is 12.0. The summed E-state index contributed by atoms with van der Waals surface area (Å²) in [6, 6.07) is 6.54. The second-order valence-corrected chi connectivity index (χ2v) is 6.37. The molecule has 1 aromatic carbocycles. The van der Waals surface area contributed by atoms with Crippen molar-refractivity contribution < 1.29 is 14.1 Å². The van der Waals surface area contributed by atoms with E-state index in [0.29, 0.717) is 28.1 Å². The maximum atomic E-state index is 12.0. The average Bonchev–Trinajstić information content (AvgIpc) is 2.95. The molecule has 24 heavy (non-hydrogen) atoms. The number of carbonyl (C=O) groups is 1. The van der Waals surface area contributed by atoms with E-state index in [0.717, 1.165) is 0 Å². The van der Waals surface area contributed by atoms with Gasteiger partial charge < -0.3 is 20.3 Å². The molecule has 0 saturated carbocycles. The third-order valence-electron chi connectivity index (χ3n) is 3.03. The van der Waals surface area contributed by atoms with E-state index >= 15 is 0 Å². The fourth-order valence-electron chi connectivity index (χ4n) is 1.67. The minimum absolute atomic E-state index is 0. The molecule has 2 rings (SSSR count). The summed E-state index contributed by atoms with van der Waals surface area (Å²) >= 11 is 12.0. The average molecular weight is 395 g/mol. The summed E-state index contributed by atoms with van der Waals surface area (Å²) in [5.74, 6) is 0.352. The molecule has 3 N–H and O–H groups in total. The smallest absolute Gasteiger partial charge is 0.273 e. The molecule has 0 unspecified atom stereocenters. The van der Waals surface area contributed by atoms with Gasteiger partial charge in [-0.15, -0.1) is 12.4 Å². The highest BCUT2D eigenvalue weighted by molar-refractivity contribution is 6.37. The van der Waals surface area contributed by atoms with Gasteiger partial charge in [0.15, 0.2) is 17.2 Å². The third-order valence-corrected chi connectivity index (χ3v) is 3.63. The Morgan fingerprint density at radius 1 is 1.38 bits per heavy atom. The van der Waals surface area contributed by atoms with Gasteiger partial charge in [0, 0.05) is 18.2 Å². The number of nitrogens with two attached hydrogens (primary N) is 1. The molecule has 0 atom stereocenters. The van der Waals surface area contributed by atoms with E-state index in [-0.39, 0.29) is 30.6 Å². The molecule has 0 aliphatic carbocycles. The van der Waals surface area contributed by atoms with Crippen LogP contribution in [-0.4, -0.2) is 23.1 Å². The Balaban J connectivity index is 0.00000288. The van der Waals surface area contributed by atoms with Gasteiger partial charge in [0.1, 0.15) is 6.61 Å². The summed E-state index contributed by atoms with van der Waals surface area (Å²) < 4.78 is 10.6. The number of hydrogen-bond acceptors (Lipinski definition) is 5. The van der Waals surface area contributed by atoms with E-state index in [2.05, 4.69) is 10.5 Å². The number of halogens is 3. The number of nitrogens with one attached hydrogen (secondary N) is 1. The van der Waals surface area contributed by atoms with Crippen molar-refractivity contribution in [2.75, 3.05) is 6.54 Å². The molecule has 1 aromatic heterocycles. The number of amides is 1. The monoisotopic (exact) mass is 393 g/mol. The highest BCUT2D eigenvalue weighted by Gasteiger charge is 2.22. The first kappa shape index (κ1) is 20.6. The summed E-state index contributed by atoms with van der Waals surface area (Å²) in [7, 11) is 0. The number of aromatic nitrogens is 1. The van der Waals surface area contributed by atoms with Gasteiger partial charge in [0.05, 0.1) is 10.0 Å². The zero-order chi connectivity index (χ0) is 17.0. The molecule has 0 aliphatic rings. The van der Waals surface area contributed by atoms with Crippen LogP contribution in [0, 0.1) is 0 Å². The Hall–Kier alpha value is -1.47. The van der Waals surface area contributed by atoms with Crippen LogP contribution in [0.15, 0.2) is 28.8 Å². The lowest BCUT2D eigenvalue weighted by atomic mass is 10.1. The predicted octanol–water partition coefficient (Wildman–Crippen LogP) is 3.45. The molecule has 0 bridgehead atoms. The number of carbonyl (C=O) groups excluding carboxylic acids is 1. The Labute approximate surface area is 156 Å². The van der Waals surface area contributed by atoms with Gasteiger partial charge in [-0.1, -0.05) is 34.4 Å². The summed E-state index contributed by atoms with van der Waals surface area (Å²) in [5, 5.41) is 7.25. The molecular weight excluding hydrogens is 377 g/mol. The molecule has 2 aromatic rings. The zero-order valence-electron chi connectivity index (χ0n) is 13.1. The normalized spacial score (nSPS) is 10.9. The molecule has 0 saturated heterocycles. The van der Waals surface area contributed by atoms with Crippen LogP contribution in [0.5, 0.6) is 5.75 Å². The Bertz CT molecular complexity index is 684. The number of benzene rings is 1. The van der Waals surface area contributed by atoms with Gasteiger partial charge in [0.2, 0.25) is 0 Å². The van der Waals surface area contributed by atoms with Crippen LogP contribution in [-0.2, 0) is 6.61 Å². The van der Waals surface area contributed by atoms with Crippen molar-refractivity contribution in [3.8, 4) is 5.75 Å². The van der Waals surface area contributed by atoms with Gasteiger partial charge in [-0.3, -0.25) is 4.79 Å². The second kappa shape index (κ2) is 8.58. The first-order chi connectivity index (χ1) is 10.8. The largest absolute Gasteiger partial charge is 0.482 e. The van der Waals surface area contributed by atoms with E-state index in [1.807, 2.05) is 13.8 Å². The maximum absolute atomic E-state index is 12.0. The first-order valence-electron chi connectivity index (χ1n) is 6.87. The Morgan fingerprint density at radius 2 is 2.00 bits per heavy atom. The van der Waals surface area contributed by atoms with Crippen LogP contribution in [0.4, 0.5) is 0 Å². The molecule has 132 valence electrons. The number of para-hydroxylation sites is 1. The van der Waals surface area contributed by atoms with E-state index in [4.69, 9.17) is 38.2 Å². The molecule has 1 amide bonds. The van der Waals surface area contributed by atoms with Crippen molar-refractivity contribution in [1.29, 1.82) is 0 Å². The van der Waals surface area contributed by atoms with Crippen molar-refractivity contribution in [3.05, 3.63) is 45.8 Å². The van der Waals surface area contributed by atoms with Crippen LogP contribution in [0.2, 0.25) is 10.0 Å². The van der Waals surface area contributed by atoms with Gasteiger partial charge in [-0.05, 0) is 26.0 Å². The Morgan fingerprint density at radius 3 is 2.58 bits per heavy atom. The van der Waals surface area contributed by atoms with Crippen LogP contribution < -0.4 is 15.8 Å². The lowest BCUT2D eigenvalue weighted by Crippen LogP contribution is -2.48. The van der Waals surface area contributed by atoms with Gasteiger partial charge >= 0.3 is 0 Å². The number of rotatable bonds is 6. The molecular formula is C15H18Cl3N3O3. The second-order valence-electron chi connectivity index (χ2n) is 5.56. The van der Waals surface area contributed by atoms with Crippen LogP contribution in [0.1, 0.15) is 30.1 Å². The lowest BCUT2D eigenvalue weighted by Gasteiger charge is -2.23. The van der Waals surface area contributed by atoms with Crippen molar-refractivity contribution in [2.45, 2.75) is 26.0 Å². The predicted molar refractivity (Wildman–Crippen MR) is 95.1 cm³/mol. The highest BCUT2D eigenvalue weighted by Crippen LogP contribution is 2.32. The number of ether oxygens (including phenoxy) is 1. The topological polar surface area (TPSA) is 90.4 Å². The standard InChI is InChI=1S/C15H17Cl2N3O3.ClH/c1-15(2,8-18)19-14(21)12-6-9(23-20-12)7-22-13-10(16)4-3-5-11(13)17;/h3-6H,7-8,18H2,1-2H3,(H,19,21);1H. The first-order valence-corrected chi connectivity index (χ1v) is 7.63. The third kappa shape index (κ3) is 5.27. The minimum Gasteiger partial charge on any atom is -0.482 e. The summed E-state index contributed by atoms with van der Waals surface area (Å²) in [6.07, 6.45) is 0. The van der Waals surface area contributed by atoms with Crippen molar-refractivity contribution in [3.63, 3.8) is 0 Å². The zero-order valence-corrected chi connectivity index (χ0v) is 15.5. The van der Waals surface area contributed by atoms with E-state index in [9.17, 15) is 4.79 Å². The lowest BCUT2D eigenvalue weighted by molar-refractivity contribution is 0.0906. The SMILES string of the molecule is CC(C)(CN)NC(=O)c1cc(COc2c(Cl)cccc2Cl)on1.Cl.